The monoisotopic (exact) mass is 270 g/mol. The largest absolute Gasteiger partial charge is 0.365 e. The van der Waals surface area contributed by atoms with Crippen LogP contribution in [0.15, 0.2) is 36.5 Å². The molecule has 4 N–H and O–H groups in total. The Bertz CT molecular complexity index is 659. The molecule has 0 spiro atoms. The average Bonchev–Trinajstić information content (AvgIpc) is 3.14. The van der Waals surface area contributed by atoms with Crippen LogP contribution in [-0.4, -0.2) is 22.0 Å². The number of nitrogens with one attached hydrogen (secondary N) is 2. The van der Waals surface area contributed by atoms with Crippen molar-refractivity contribution in [1.82, 2.24) is 10.2 Å². The van der Waals surface area contributed by atoms with Gasteiger partial charge in [0.05, 0.1) is 11.6 Å². The second-order valence-electron chi connectivity index (χ2n) is 4.93. The summed E-state index contributed by atoms with van der Waals surface area (Å²) in [5, 5.41) is 9.03. The number of carbonyl (C=O) groups is 2. The standard InChI is InChI=1S/C14H14N4O2/c15-11(19)10-8-16-18-12(10)17-13(20)14(6-7-14)9-4-2-1-3-5-9/h1-5,8H,6-7H2,(H2,15,19)(H2,16,17,18,20). The fourth-order valence-electron chi connectivity index (χ4n) is 2.33. The topological polar surface area (TPSA) is 101 Å². The molecular formula is C14H14N4O2. The number of primary amides is 1. The number of nitrogens with zero attached hydrogens (tertiary/aromatic N) is 1. The lowest BCUT2D eigenvalue weighted by atomic mass is 9.95. The SMILES string of the molecule is NC(=O)c1cn[nH]c1NC(=O)C1(c2ccccc2)CC1. The summed E-state index contributed by atoms with van der Waals surface area (Å²) in [6.07, 6.45) is 2.89. The minimum absolute atomic E-state index is 0.143. The summed E-state index contributed by atoms with van der Waals surface area (Å²) in [5.41, 5.74) is 5.89. The molecule has 1 saturated carbocycles. The van der Waals surface area contributed by atoms with E-state index < -0.39 is 11.3 Å². The van der Waals surface area contributed by atoms with E-state index in [2.05, 4.69) is 15.5 Å². The first-order valence-corrected chi connectivity index (χ1v) is 6.34. The molecule has 1 aromatic carbocycles. The molecule has 0 aliphatic heterocycles. The average molecular weight is 270 g/mol. The number of H-pyrrole nitrogens is 1. The van der Waals surface area contributed by atoms with Gasteiger partial charge in [-0.3, -0.25) is 14.7 Å². The number of aromatic amines is 1. The summed E-state index contributed by atoms with van der Waals surface area (Å²) in [5.74, 6) is -0.515. The number of benzene rings is 1. The molecule has 3 rings (SSSR count). The molecule has 6 nitrogen and oxygen atoms in total. The second-order valence-corrected chi connectivity index (χ2v) is 4.93. The fraction of sp³-hybridized carbons (Fsp3) is 0.214. The van der Waals surface area contributed by atoms with Gasteiger partial charge in [0.1, 0.15) is 11.4 Å². The number of anilines is 1. The van der Waals surface area contributed by atoms with E-state index in [4.69, 9.17) is 5.73 Å². The molecule has 1 fully saturated rings. The predicted octanol–water partition coefficient (Wildman–Crippen LogP) is 1.18. The zero-order valence-corrected chi connectivity index (χ0v) is 10.7. The molecule has 0 atom stereocenters. The number of rotatable bonds is 4. The Labute approximate surface area is 115 Å². The number of aromatic nitrogens is 2. The van der Waals surface area contributed by atoms with Crippen molar-refractivity contribution in [2.24, 2.45) is 5.73 Å². The lowest BCUT2D eigenvalue weighted by Crippen LogP contribution is -2.29. The van der Waals surface area contributed by atoms with Gasteiger partial charge in [-0.2, -0.15) is 5.10 Å². The van der Waals surface area contributed by atoms with Crippen LogP contribution in [0.1, 0.15) is 28.8 Å². The van der Waals surface area contributed by atoms with Crippen molar-refractivity contribution < 1.29 is 9.59 Å². The summed E-state index contributed by atoms with van der Waals surface area (Å²) in [6, 6.07) is 9.61. The third kappa shape index (κ3) is 1.95. The molecule has 1 aliphatic rings. The number of nitrogens with two attached hydrogens (primary N) is 1. The summed E-state index contributed by atoms with van der Waals surface area (Å²) in [6.45, 7) is 0. The predicted molar refractivity (Wildman–Crippen MR) is 73.1 cm³/mol. The van der Waals surface area contributed by atoms with Crippen molar-refractivity contribution in [2.75, 3.05) is 5.32 Å². The molecule has 1 aliphatic carbocycles. The van der Waals surface area contributed by atoms with Gasteiger partial charge in [-0.15, -0.1) is 0 Å². The highest BCUT2D eigenvalue weighted by atomic mass is 16.2. The quantitative estimate of drug-likeness (QED) is 0.777. The van der Waals surface area contributed by atoms with Crippen molar-refractivity contribution in [3.63, 3.8) is 0 Å². The number of carbonyl (C=O) groups excluding carboxylic acids is 2. The van der Waals surface area contributed by atoms with Crippen LogP contribution in [0.25, 0.3) is 0 Å². The van der Waals surface area contributed by atoms with Crippen molar-refractivity contribution in [2.45, 2.75) is 18.3 Å². The minimum Gasteiger partial charge on any atom is -0.365 e. The third-order valence-electron chi connectivity index (χ3n) is 3.65. The molecular weight excluding hydrogens is 256 g/mol. The van der Waals surface area contributed by atoms with Crippen molar-refractivity contribution in [3.05, 3.63) is 47.7 Å². The highest BCUT2D eigenvalue weighted by Gasteiger charge is 2.51. The molecule has 0 unspecified atom stereocenters. The van der Waals surface area contributed by atoms with Crippen LogP contribution >= 0.6 is 0 Å². The van der Waals surface area contributed by atoms with E-state index in [9.17, 15) is 9.59 Å². The Balaban J connectivity index is 1.84. The Hall–Kier alpha value is -2.63. The molecule has 20 heavy (non-hydrogen) atoms. The molecule has 0 radical (unpaired) electrons. The fourth-order valence-corrected chi connectivity index (χ4v) is 2.33. The first kappa shape index (κ1) is 12.4. The highest BCUT2D eigenvalue weighted by Crippen LogP contribution is 2.48. The van der Waals surface area contributed by atoms with Gasteiger partial charge in [0.25, 0.3) is 5.91 Å². The Morgan fingerprint density at radius 2 is 1.95 bits per heavy atom. The number of amides is 2. The van der Waals surface area contributed by atoms with Crippen LogP contribution in [0.4, 0.5) is 5.82 Å². The molecule has 0 saturated heterocycles. The highest BCUT2D eigenvalue weighted by molar-refractivity contribution is 6.05. The van der Waals surface area contributed by atoms with Crippen LogP contribution in [0.3, 0.4) is 0 Å². The van der Waals surface area contributed by atoms with Crippen LogP contribution in [0.2, 0.25) is 0 Å². The van der Waals surface area contributed by atoms with Gasteiger partial charge in [0, 0.05) is 0 Å². The van der Waals surface area contributed by atoms with Gasteiger partial charge in [-0.1, -0.05) is 30.3 Å². The summed E-state index contributed by atoms with van der Waals surface area (Å²) >= 11 is 0. The van der Waals surface area contributed by atoms with Crippen LogP contribution in [-0.2, 0) is 10.2 Å². The van der Waals surface area contributed by atoms with E-state index in [1.165, 1.54) is 6.20 Å². The van der Waals surface area contributed by atoms with E-state index in [0.29, 0.717) is 0 Å². The maximum Gasteiger partial charge on any atom is 0.254 e. The Kier molecular flexibility index (Phi) is 2.78. The Morgan fingerprint density at radius 1 is 1.25 bits per heavy atom. The lowest BCUT2D eigenvalue weighted by molar-refractivity contribution is -0.118. The van der Waals surface area contributed by atoms with Crippen molar-refractivity contribution in [3.8, 4) is 0 Å². The summed E-state index contributed by atoms with van der Waals surface area (Å²) < 4.78 is 0. The van der Waals surface area contributed by atoms with E-state index in [-0.39, 0.29) is 17.3 Å². The van der Waals surface area contributed by atoms with Crippen molar-refractivity contribution >= 4 is 17.6 Å². The first-order valence-electron chi connectivity index (χ1n) is 6.34. The number of hydrogen-bond donors (Lipinski definition) is 3. The molecule has 2 aromatic rings. The number of hydrogen-bond acceptors (Lipinski definition) is 3. The maximum absolute atomic E-state index is 12.5. The third-order valence-corrected chi connectivity index (χ3v) is 3.65. The molecule has 2 amide bonds. The van der Waals surface area contributed by atoms with Gasteiger partial charge in [0.15, 0.2) is 0 Å². The van der Waals surface area contributed by atoms with Gasteiger partial charge < -0.3 is 11.1 Å². The van der Waals surface area contributed by atoms with Crippen molar-refractivity contribution in [1.29, 1.82) is 0 Å². The normalized spacial score (nSPS) is 15.6. The zero-order valence-electron chi connectivity index (χ0n) is 10.7. The van der Waals surface area contributed by atoms with Gasteiger partial charge in [0.2, 0.25) is 5.91 Å². The lowest BCUT2D eigenvalue weighted by Gasteiger charge is -2.15. The van der Waals surface area contributed by atoms with E-state index in [0.717, 1.165) is 18.4 Å². The van der Waals surface area contributed by atoms with Gasteiger partial charge >= 0.3 is 0 Å². The molecule has 1 aromatic heterocycles. The van der Waals surface area contributed by atoms with Gasteiger partial charge in [-0.25, -0.2) is 0 Å². The molecule has 6 heteroatoms. The second kappa shape index (κ2) is 4.48. The van der Waals surface area contributed by atoms with Crippen LogP contribution in [0.5, 0.6) is 0 Å². The van der Waals surface area contributed by atoms with Crippen LogP contribution in [0, 0.1) is 0 Å². The van der Waals surface area contributed by atoms with E-state index in [1.54, 1.807) is 0 Å². The molecule has 1 heterocycles. The minimum atomic E-state index is -0.626. The smallest absolute Gasteiger partial charge is 0.254 e. The van der Waals surface area contributed by atoms with E-state index in [1.807, 2.05) is 30.3 Å². The molecule has 0 bridgehead atoms. The summed E-state index contributed by atoms with van der Waals surface area (Å²) in [4.78, 5) is 23.7. The summed E-state index contributed by atoms with van der Waals surface area (Å²) in [7, 11) is 0. The van der Waals surface area contributed by atoms with E-state index >= 15 is 0 Å². The molecule has 102 valence electrons. The maximum atomic E-state index is 12.5. The Morgan fingerprint density at radius 3 is 2.55 bits per heavy atom. The first-order chi connectivity index (χ1) is 9.63. The van der Waals surface area contributed by atoms with Gasteiger partial charge in [-0.05, 0) is 18.4 Å². The zero-order chi connectivity index (χ0) is 14.2. The van der Waals surface area contributed by atoms with Crippen LogP contribution < -0.4 is 11.1 Å².